The summed E-state index contributed by atoms with van der Waals surface area (Å²) in [6, 6.07) is 12.5. The third-order valence-electron chi connectivity index (χ3n) is 6.27. The molecule has 5 nitrogen and oxygen atoms in total. The molecule has 1 aliphatic heterocycles. The van der Waals surface area contributed by atoms with Crippen molar-refractivity contribution < 1.29 is 27.8 Å². The van der Waals surface area contributed by atoms with Crippen molar-refractivity contribution in [2.45, 2.75) is 31.0 Å². The van der Waals surface area contributed by atoms with E-state index in [4.69, 9.17) is 4.74 Å². The number of aryl methyl sites for hydroxylation is 1. The molecule has 33 heavy (non-hydrogen) atoms. The van der Waals surface area contributed by atoms with Crippen molar-refractivity contribution >= 4 is 5.91 Å². The van der Waals surface area contributed by atoms with Gasteiger partial charge in [-0.2, -0.15) is 13.2 Å². The first kappa shape index (κ1) is 25.1. The lowest BCUT2D eigenvalue weighted by molar-refractivity contribution is -0.141. The lowest BCUT2D eigenvalue weighted by Gasteiger charge is -2.46. The van der Waals surface area contributed by atoms with Gasteiger partial charge in [-0.15, -0.1) is 0 Å². The number of nitrogens with zero attached hydrogens (tertiary/aromatic N) is 2. The van der Waals surface area contributed by atoms with Crippen LogP contribution in [0.1, 0.15) is 29.5 Å². The Hall–Kier alpha value is -2.58. The van der Waals surface area contributed by atoms with E-state index in [0.717, 1.165) is 17.7 Å². The number of carbonyl (C=O) groups is 1. The SMILES string of the molecule is COc1cccc(C2(O)CCN(C(=O)CCc3cccc(C(F)(F)F)c3)CC2CN(C)C)c1. The van der Waals surface area contributed by atoms with E-state index in [2.05, 4.69) is 0 Å². The zero-order valence-electron chi connectivity index (χ0n) is 19.2. The molecule has 2 atom stereocenters. The second-order valence-corrected chi connectivity index (χ2v) is 8.90. The quantitative estimate of drug-likeness (QED) is 0.675. The zero-order valence-corrected chi connectivity index (χ0v) is 19.2. The molecule has 0 radical (unpaired) electrons. The summed E-state index contributed by atoms with van der Waals surface area (Å²) < 4.78 is 44.2. The fraction of sp³-hybridized carbons (Fsp3) is 0.480. The van der Waals surface area contributed by atoms with E-state index in [9.17, 15) is 23.1 Å². The molecule has 8 heteroatoms. The Morgan fingerprint density at radius 1 is 1.21 bits per heavy atom. The molecule has 0 spiro atoms. The van der Waals surface area contributed by atoms with Gasteiger partial charge in [0.05, 0.1) is 18.3 Å². The molecule has 1 heterocycles. The van der Waals surface area contributed by atoms with Crippen molar-refractivity contribution in [2.24, 2.45) is 5.92 Å². The number of aliphatic hydroxyl groups is 1. The van der Waals surface area contributed by atoms with E-state index < -0.39 is 17.3 Å². The van der Waals surface area contributed by atoms with Crippen LogP contribution in [-0.4, -0.2) is 61.7 Å². The first-order chi connectivity index (χ1) is 15.5. The summed E-state index contributed by atoms with van der Waals surface area (Å²) in [4.78, 5) is 16.6. The maximum atomic E-state index is 13.0. The van der Waals surface area contributed by atoms with Gasteiger partial charge in [0.15, 0.2) is 0 Å². The van der Waals surface area contributed by atoms with Crippen LogP contribution in [-0.2, 0) is 23.0 Å². The molecule has 2 unspecified atom stereocenters. The van der Waals surface area contributed by atoms with Gasteiger partial charge in [0, 0.05) is 32.0 Å². The minimum atomic E-state index is -4.41. The second-order valence-electron chi connectivity index (χ2n) is 8.90. The Balaban J connectivity index is 1.71. The van der Waals surface area contributed by atoms with Gasteiger partial charge in [-0.1, -0.05) is 30.3 Å². The number of alkyl halides is 3. The number of carbonyl (C=O) groups excluding carboxylic acids is 1. The van der Waals surface area contributed by atoms with Gasteiger partial charge in [-0.25, -0.2) is 0 Å². The standard InChI is InChI=1S/C25H31F3N2O3/c1-29(2)16-21-17-30(13-12-24(21,32)19-7-5-9-22(15-19)33-3)23(31)11-10-18-6-4-8-20(14-18)25(26,27)28/h4-9,14-15,21,32H,10-13,16-17H2,1-3H3. The highest BCUT2D eigenvalue weighted by Crippen LogP contribution is 2.39. The minimum Gasteiger partial charge on any atom is -0.497 e. The Bertz CT molecular complexity index is 964. The molecule has 0 aromatic heterocycles. The number of methoxy groups -OCH3 is 1. The van der Waals surface area contributed by atoms with Crippen molar-refractivity contribution in [1.82, 2.24) is 9.80 Å². The molecule has 0 aliphatic carbocycles. The van der Waals surface area contributed by atoms with Crippen molar-refractivity contribution in [2.75, 3.05) is 40.8 Å². The van der Waals surface area contributed by atoms with Gasteiger partial charge >= 0.3 is 6.18 Å². The van der Waals surface area contributed by atoms with Crippen LogP contribution in [0, 0.1) is 5.92 Å². The number of hydrogen-bond donors (Lipinski definition) is 1. The summed E-state index contributed by atoms with van der Waals surface area (Å²) in [5.74, 6) is 0.304. The molecule has 3 rings (SSSR count). The lowest BCUT2D eigenvalue weighted by atomic mass is 9.75. The highest BCUT2D eigenvalue weighted by molar-refractivity contribution is 5.76. The Morgan fingerprint density at radius 2 is 1.94 bits per heavy atom. The Kier molecular flexibility index (Phi) is 7.69. The van der Waals surface area contributed by atoms with Crippen molar-refractivity contribution in [3.8, 4) is 5.75 Å². The average Bonchev–Trinajstić information content (AvgIpc) is 2.78. The van der Waals surface area contributed by atoms with Gasteiger partial charge in [-0.3, -0.25) is 4.79 Å². The van der Waals surface area contributed by atoms with E-state index in [1.807, 2.05) is 43.3 Å². The van der Waals surface area contributed by atoms with Crippen molar-refractivity contribution in [1.29, 1.82) is 0 Å². The normalized spacial score (nSPS) is 21.3. The summed E-state index contributed by atoms with van der Waals surface area (Å²) in [6.45, 7) is 1.32. The van der Waals surface area contributed by atoms with Gasteiger partial charge in [0.25, 0.3) is 0 Å². The third-order valence-corrected chi connectivity index (χ3v) is 6.27. The number of ether oxygens (including phenoxy) is 1. The molecular formula is C25H31F3N2O3. The summed E-state index contributed by atoms with van der Waals surface area (Å²) in [5, 5.41) is 11.7. The van der Waals surface area contributed by atoms with Crippen LogP contribution >= 0.6 is 0 Å². The molecule has 1 fully saturated rings. The van der Waals surface area contributed by atoms with E-state index in [-0.39, 0.29) is 24.7 Å². The number of amides is 1. The van der Waals surface area contributed by atoms with Crippen LogP contribution in [0.15, 0.2) is 48.5 Å². The predicted octanol–water partition coefficient (Wildman–Crippen LogP) is 3.94. The average molecular weight is 465 g/mol. The van der Waals surface area contributed by atoms with E-state index in [0.29, 0.717) is 37.4 Å². The summed E-state index contributed by atoms with van der Waals surface area (Å²) in [6.07, 6.45) is -3.68. The first-order valence-electron chi connectivity index (χ1n) is 11.0. The van der Waals surface area contributed by atoms with E-state index in [1.54, 1.807) is 18.1 Å². The molecule has 1 saturated heterocycles. The van der Waals surface area contributed by atoms with Crippen LogP contribution in [0.4, 0.5) is 13.2 Å². The van der Waals surface area contributed by atoms with Gasteiger partial charge in [0.1, 0.15) is 5.75 Å². The minimum absolute atomic E-state index is 0.119. The number of rotatable bonds is 7. The lowest BCUT2D eigenvalue weighted by Crippen LogP contribution is -2.54. The van der Waals surface area contributed by atoms with Crippen LogP contribution in [0.2, 0.25) is 0 Å². The topological polar surface area (TPSA) is 53.0 Å². The maximum absolute atomic E-state index is 13.0. The zero-order chi connectivity index (χ0) is 24.2. The fourth-order valence-electron chi connectivity index (χ4n) is 4.48. The summed E-state index contributed by atoms with van der Waals surface area (Å²) >= 11 is 0. The molecule has 1 N–H and O–H groups in total. The molecule has 1 amide bonds. The number of halogens is 3. The maximum Gasteiger partial charge on any atom is 0.416 e. The molecule has 0 saturated carbocycles. The highest BCUT2D eigenvalue weighted by Gasteiger charge is 2.44. The van der Waals surface area contributed by atoms with Crippen molar-refractivity contribution in [3.05, 3.63) is 65.2 Å². The first-order valence-corrected chi connectivity index (χ1v) is 11.0. The molecule has 0 bridgehead atoms. The second kappa shape index (κ2) is 10.1. The van der Waals surface area contributed by atoms with Gasteiger partial charge in [-0.05, 0) is 56.3 Å². The van der Waals surface area contributed by atoms with E-state index in [1.165, 1.54) is 6.07 Å². The van der Waals surface area contributed by atoms with Gasteiger partial charge < -0.3 is 19.6 Å². The predicted molar refractivity (Wildman–Crippen MR) is 120 cm³/mol. The summed E-state index contributed by atoms with van der Waals surface area (Å²) in [5.41, 5.74) is -0.589. The largest absolute Gasteiger partial charge is 0.497 e. The van der Waals surface area contributed by atoms with E-state index >= 15 is 0 Å². The fourth-order valence-corrected chi connectivity index (χ4v) is 4.48. The molecule has 1 aliphatic rings. The van der Waals surface area contributed by atoms with Gasteiger partial charge in [0.2, 0.25) is 5.91 Å². The number of hydrogen-bond acceptors (Lipinski definition) is 4. The molecule has 2 aromatic rings. The molecule has 180 valence electrons. The number of likely N-dealkylation sites (tertiary alicyclic amines) is 1. The van der Waals surface area contributed by atoms with Crippen LogP contribution in [0.25, 0.3) is 0 Å². The van der Waals surface area contributed by atoms with Crippen LogP contribution < -0.4 is 4.74 Å². The molecular weight excluding hydrogens is 433 g/mol. The van der Waals surface area contributed by atoms with Crippen LogP contribution in [0.5, 0.6) is 5.75 Å². The van der Waals surface area contributed by atoms with Crippen LogP contribution in [0.3, 0.4) is 0 Å². The number of piperidine rings is 1. The Labute approximate surface area is 192 Å². The monoisotopic (exact) mass is 464 g/mol. The van der Waals surface area contributed by atoms with Crippen molar-refractivity contribution in [3.63, 3.8) is 0 Å². The smallest absolute Gasteiger partial charge is 0.416 e. The number of benzene rings is 2. The molecule has 2 aromatic carbocycles. The highest BCUT2D eigenvalue weighted by atomic mass is 19.4. The summed E-state index contributed by atoms with van der Waals surface area (Å²) in [7, 11) is 5.41. The third kappa shape index (κ3) is 6.06. The Morgan fingerprint density at radius 3 is 2.61 bits per heavy atom.